The number of para-hydroxylation sites is 1. The van der Waals surface area contributed by atoms with Crippen molar-refractivity contribution >= 4 is 28.0 Å². The topological polar surface area (TPSA) is 85.3 Å². The first kappa shape index (κ1) is 20.8. The van der Waals surface area contributed by atoms with Crippen LogP contribution in [0.5, 0.6) is 5.75 Å². The number of sulfonamides is 1. The molecule has 1 aliphatic rings. The second-order valence-electron chi connectivity index (χ2n) is 6.19. The summed E-state index contributed by atoms with van der Waals surface area (Å²) in [6.45, 7) is 4.36. The van der Waals surface area contributed by atoms with Gasteiger partial charge < -0.3 is 9.47 Å². The van der Waals surface area contributed by atoms with E-state index in [4.69, 9.17) is 9.47 Å². The lowest BCUT2D eigenvalue weighted by Gasteiger charge is -2.18. The second kappa shape index (κ2) is 8.59. The lowest BCUT2D eigenvalue weighted by Crippen LogP contribution is -2.30. The molecule has 3 rings (SSSR count). The predicted octanol–water partition coefficient (Wildman–Crippen LogP) is 3.07. The van der Waals surface area contributed by atoms with Crippen molar-refractivity contribution in [3.05, 3.63) is 65.4 Å². The van der Waals surface area contributed by atoms with Crippen molar-refractivity contribution in [1.29, 1.82) is 0 Å². The maximum atomic E-state index is 12.6. The normalized spacial score (nSPS) is 15.5. The lowest BCUT2D eigenvalue weighted by atomic mass is 10.1. The minimum atomic E-state index is -3.55. The van der Waals surface area contributed by atoms with Crippen LogP contribution in [0.4, 0.5) is 0 Å². The summed E-state index contributed by atoms with van der Waals surface area (Å²) in [6, 6.07) is 13.4. The summed E-state index contributed by atoms with van der Waals surface area (Å²) in [5, 5.41) is 0. The highest BCUT2D eigenvalue weighted by atomic mass is 32.2. The number of hydrogen-bond acceptors (Lipinski definition) is 6. The van der Waals surface area contributed by atoms with Gasteiger partial charge in [0, 0.05) is 24.2 Å². The van der Waals surface area contributed by atoms with Gasteiger partial charge in [-0.15, -0.1) is 0 Å². The van der Waals surface area contributed by atoms with Crippen LogP contribution < -0.4 is 4.74 Å². The first-order valence-corrected chi connectivity index (χ1v) is 10.6. The fourth-order valence-electron chi connectivity index (χ4n) is 2.95. The van der Waals surface area contributed by atoms with Gasteiger partial charge in [0.05, 0.1) is 12.0 Å². The van der Waals surface area contributed by atoms with Crippen molar-refractivity contribution in [2.75, 3.05) is 20.2 Å². The molecule has 0 spiro atoms. The minimum absolute atomic E-state index is 0.128. The highest BCUT2D eigenvalue weighted by Gasteiger charge is 2.26. The minimum Gasteiger partial charge on any atom is -0.496 e. The average Bonchev–Trinajstić information content (AvgIpc) is 3.09. The number of cyclic esters (lactones) is 1. The summed E-state index contributed by atoms with van der Waals surface area (Å²) in [7, 11) is -2.00. The van der Waals surface area contributed by atoms with Crippen molar-refractivity contribution in [1.82, 2.24) is 4.31 Å². The molecule has 0 saturated heterocycles. The third-order valence-corrected chi connectivity index (χ3v) is 6.56. The van der Waals surface area contributed by atoms with Crippen LogP contribution in [-0.2, 0) is 19.6 Å². The van der Waals surface area contributed by atoms with Crippen LogP contribution in [0.2, 0.25) is 0 Å². The van der Waals surface area contributed by atoms with E-state index in [1.807, 2.05) is 12.1 Å². The SMILES string of the molecule is CCN(CC)S(=O)(=O)c1ccc(C2=N/C(=C\c3ccccc3OC)C(=O)O2)cc1. The number of ether oxygens (including phenoxy) is 2. The van der Waals surface area contributed by atoms with Gasteiger partial charge in [-0.3, -0.25) is 0 Å². The molecule has 0 aromatic heterocycles. The molecule has 1 heterocycles. The van der Waals surface area contributed by atoms with Crippen LogP contribution in [0.15, 0.2) is 64.1 Å². The lowest BCUT2D eigenvalue weighted by molar-refractivity contribution is -0.129. The van der Waals surface area contributed by atoms with Crippen molar-refractivity contribution in [2.24, 2.45) is 4.99 Å². The Morgan fingerprint density at radius 3 is 2.34 bits per heavy atom. The fourth-order valence-corrected chi connectivity index (χ4v) is 4.41. The van der Waals surface area contributed by atoms with E-state index >= 15 is 0 Å². The summed E-state index contributed by atoms with van der Waals surface area (Å²) in [5.41, 5.74) is 1.36. The largest absolute Gasteiger partial charge is 0.496 e. The predicted molar refractivity (Wildman–Crippen MR) is 110 cm³/mol. The molecule has 0 fully saturated rings. The van der Waals surface area contributed by atoms with Crippen molar-refractivity contribution in [2.45, 2.75) is 18.7 Å². The second-order valence-corrected chi connectivity index (χ2v) is 8.13. The van der Waals surface area contributed by atoms with Gasteiger partial charge in [0.15, 0.2) is 5.70 Å². The van der Waals surface area contributed by atoms with Gasteiger partial charge in [0.2, 0.25) is 15.9 Å². The summed E-state index contributed by atoms with van der Waals surface area (Å²) < 4.78 is 37.1. The number of carbonyl (C=O) groups is 1. The van der Waals surface area contributed by atoms with Crippen molar-refractivity contribution in [3.8, 4) is 5.75 Å². The number of esters is 1. The Morgan fingerprint density at radius 2 is 1.72 bits per heavy atom. The van der Waals surface area contributed by atoms with Crippen LogP contribution in [0.25, 0.3) is 6.08 Å². The first-order chi connectivity index (χ1) is 13.9. The smallest absolute Gasteiger partial charge is 0.363 e. The van der Waals surface area contributed by atoms with E-state index in [1.54, 1.807) is 51.3 Å². The van der Waals surface area contributed by atoms with Gasteiger partial charge >= 0.3 is 5.97 Å². The van der Waals surface area contributed by atoms with Gasteiger partial charge in [0.25, 0.3) is 0 Å². The molecule has 1 aliphatic heterocycles. The van der Waals surface area contributed by atoms with Crippen molar-refractivity contribution in [3.63, 3.8) is 0 Å². The van der Waals surface area contributed by atoms with E-state index in [1.165, 1.54) is 16.4 Å². The van der Waals surface area contributed by atoms with Gasteiger partial charge in [-0.25, -0.2) is 18.2 Å². The van der Waals surface area contributed by atoms with E-state index < -0.39 is 16.0 Å². The number of nitrogens with zero attached hydrogens (tertiary/aromatic N) is 2. The molecule has 0 saturated carbocycles. The Morgan fingerprint density at radius 1 is 1.07 bits per heavy atom. The Labute approximate surface area is 170 Å². The molecule has 0 aliphatic carbocycles. The number of methoxy groups -OCH3 is 1. The van der Waals surface area contributed by atoms with E-state index in [-0.39, 0.29) is 16.5 Å². The van der Waals surface area contributed by atoms with Crippen LogP contribution in [0, 0.1) is 0 Å². The number of rotatable bonds is 7. The fraction of sp³-hybridized carbons (Fsp3) is 0.238. The van der Waals surface area contributed by atoms with Gasteiger partial charge in [-0.2, -0.15) is 4.31 Å². The first-order valence-electron chi connectivity index (χ1n) is 9.16. The highest BCUT2D eigenvalue weighted by molar-refractivity contribution is 7.89. The monoisotopic (exact) mass is 414 g/mol. The number of aliphatic imine (C=N–C) groups is 1. The number of carbonyl (C=O) groups excluding carboxylic acids is 1. The third-order valence-electron chi connectivity index (χ3n) is 4.50. The highest BCUT2D eigenvalue weighted by Crippen LogP contribution is 2.25. The average molecular weight is 414 g/mol. The van der Waals surface area contributed by atoms with E-state index in [9.17, 15) is 13.2 Å². The van der Waals surface area contributed by atoms with Crippen LogP contribution in [0.3, 0.4) is 0 Å². The molecule has 152 valence electrons. The maximum Gasteiger partial charge on any atom is 0.363 e. The zero-order valence-electron chi connectivity index (χ0n) is 16.5. The Hall–Kier alpha value is -2.97. The summed E-state index contributed by atoms with van der Waals surface area (Å²) in [6.07, 6.45) is 1.59. The van der Waals surface area contributed by atoms with Gasteiger partial charge in [0.1, 0.15) is 5.75 Å². The standard InChI is InChI=1S/C21H22N2O5S/c1-4-23(5-2)29(25,26)17-12-10-15(11-13-17)20-22-18(21(24)28-20)14-16-8-6-7-9-19(16)27-3/h6-14H,4-5H2,1-3H3/b18-14-. The molecule has 2 aromatic rings. The molecule has 0 unspecified atom stereocenters. The van der Waals surface area contributed by atoms with E-state index in [0.717, 1.165) is 0 Å². The summed E-state index contributed by atoms with van der Waals surface area (Å²) in [4.78, 5) is 16.6. The Kier molecular flexibility index (Phi) is 6.14. The zero-order chi connectivity index (χ0) is 21.0. The van der Waals surface area contributed by atoms with Crippen LogP contribution in [-0.4, -0.2) is 44.8 Å². The molecular formula is C21H22N2O5S. The molecule has 8 heteroatoms. The molecule has 0 N–H and O–H groups in total. The molecule has 7 nitrogen and oxygen atoms in total. The number of hydrogen-bond donors (Lipinski definition) is 0. The molecule has 29 heavy (non-hydrogen) atoms. The maximum absolute atomic E-state index is 12.6. The van der Waals surface area contributed by atoms with Crippen molar-refractivity contribution < 1.29 is 22.7 Å². The Bertz CT molecular complexity index is 1070. The summed E-state index contributed by atoms with van der Waals surface area (Å²) >= 11 is 0. The van der Waals surface area contributed by atoms with Crippen LogP contribution >= 0.6 is 0 Å². The molecular weight excluding hydrogens is 392 g/mol. The summed E-state index contributed by atoms with van der Waals surface area (Å²) in [5.74, 6) is 0.163. The van der Waals surface area contributed by atoms with Crippen LogP contribution in [0.1, 0.15) is 25.0 Å². The zero-order valence-corrected chi connectivity index (χ0v) is 17.3. The molecule has 0 amide bonds. The van der Waals surface area contributed by atoms with Gasteiger partial charge in [-0.05, 0) is 36.4 Å². The quantitative estimate of drug-likeness (QED) is 0.513. The van der Waals surface area contributed by atoms with E-state index in [2.05, 4.69) is 4.99 Å². The third kappa shape index (κ3) is 4.23. The Balaban J connectivity index is 1.89. The molecule has 0 atom stereocenters. The molecule has 2 aromatic carbocycles. The number of benzene rings is 2. The molecule has 0 radical (unpaired) electrons. The van der Waals surface area contributed by atoms with Gasteiger partial charge in [-0.1, -0.05) is 32.0 Å². The molecule has 0 bridgehead atoms. The van der Waals surface area contributed by atoms with E-state index in [0.29, 0.717) is 30.0 Å².